The summed E-state index contributed by atoms with van der Waals surface area (Å²) in [5.41, 5.74) is 5.36. The number of benzene rings is 3. The highest BCUT2D eigenvalue weighted by molar-refractivity contribution is 6.11. The van der Waals surface area contributed by atoms with Gasteiger partial charge in [0.15, 0.2) is 5.78 Å². The van der Waals surface area contributed by atoms with Gasteiger partial charge in [-0.2, -0.15) is 0 Å². The second-order valence-electron chi connectivity index (χ2n) is 9.55. The number of hydrogen-bond donors (Lipinski definition) is 1. The standard InChI is InChI=1S/C30H35N3O3/c1-31(2)21-24-19-22(9-13-28(24)34)10-14-29(35)26-12-11-23(25-7-5-6-8-30(25)36-4)20-27(26)33-17-15-32(3)16-18-33/h5-14,19-20,34H,15-18,21H2,1-4H3. The quantitative estimate of drug-likeness (QED) is 0.366. The second-order valence-corrected chi connectivity index (χ2v) is 9.55. The molecule has 0 amide bonds. The lowest BCUT2D eigenvalue weighted by Gasteiger charge is -2.35. The maximum absolute atomic E-state index is 13.4. The SMILES string of the molecule is COc1ccccc1-c1ccc(C(=O)C=Cc2ccc(O)c(CN(C)C)c2)c(N2CCN(C)CC2)c1. The Morgan fingerprint density at radius 3 is 2.50 bits per heavy atom. The average molecular weight is 486 g/mol. The van der Waals surface area contributed by atoms with Gasteiger partial charge in [-0.3, -0.25) is 4.79 Å². The number of allylic oxidation sites excluding steroid dienone is 1. The van der Waals surface area contributed by atoms with Crippen molar-refractivity contribution in [1.82, 2.24) is 9.80 Å². The number of ketones is 1. The van der Waals surface area contributed by atoms with Crippen molar-refractivity contribution >= 4 is 17.5 Å². The second kappa shape index (κ2) is 11.4. The van der Waals surface area contributed by atoms with Crippen LogP contribution in [-0.2, 0) is 6.54 Å². The molecule has 188 valence electrons. The number of likely N-dealkylation sites (N-methyl/N-ethyl adjacent to an activating group) is 1. The number of hydrogen-bond acceptors (Lipinski definition) is 6. The molecule has 6 heteroatoms. The molecule has 3 aromatic rings. The summed E-state index contributed by atoms with van der Waals surface area (Å²) in [5.74, 6) is 1.02. The number of phenolic OH excluding ortho intramolecular Hbond substituents is 1. The third-order valence-corrected chi connectivity index (χ3v) is 6.54. The molecule has 0 radical (unpaired) electrons. The number of carbonyl (C=O) groups is 1. The minimum absolute atomic E-state index is 0.0438. The summed E-state index contributed by atoms with van der Waals surface area (Å²) in [6.45, 7) is 4.25. The van der Waals surface area contributed by atoms with Crippen LogP contribution >= 0.6 is 0 Å². The van der Waals surface area contributed by atoms with Crippen molar-refractivity contribution in [2.75, 3.05) is 59.3 Å². The predicted molar refractivity (Wildman–Crippen MR) is 147 cm³/mol. The molecule has 3 aromatic carbocycles. The number of piperazine rings is 1. The molecule has 1 fully saturated rings. The molecule has 0 bridgehead atoms. The minimum atomic E-state index is -0.0438. The van der Waals surface area contributed by atoms with E-state index in [-0.39, 0.29) is 11.5 Å². The molecule has 0 aliphatic carbocycles. The van der Waals surface area contributed by atoms with Gasteiger partial charge in [-0.15, -0.1) is 0 Å². The summed E-state index contributed by atoms with van der Waals surface area (Å²) < 4.78 is 5.59. The molecule has 0 unspecified atom stereocenters. The van der Waals surface area contributed by atoms with Crippen LogP contribution in [0.2, 0.25) is 0 Å². The molecular weight excluding hydrogens is 450 g/mol. The number of carbonyl (C=O) groups excluding carboxylic acids is 1. The number of anilines is 1. The van der Waals surface area contributed by atoms with Crippen LogP contribution in [-0.4, -0.2) is 75.1 Å². The molecule has 1 aliphatic rings. The molecule has 6 nitrogen and oxygen atoms in total. The Morgan fingerprint density at radius 2 is 1.78 bits per heavy atom. The Bertz CT molecular complexity index is 1240. The van der Waals surface area contributed by atoms with Gasteiger partial charge in [0.25, 0.3) is 0 Å². The third-order valence-electron chi connectivity index (χ3n) is 6.54. The monoisotopic (exact) mass is 485 g/mol. The maximum atomic E-state index is 13.4. The Morgan fingerprint density at radius 1 is 1.03 bits per heavy atom. The minimum Gasteiger partial charge on any atom is -0.508 e. The van der Waals surface area contributed by atoms with E-state index in [1.165, 1.54) is 0 Å². The van der Waals surface area contributed by atoms with E-state index in [1.54, 1.807) is 19.3 Å². The fourth-order valence-electron chi connectivity index (χ4n) is 4.54. The number of aromatic hydroxyl groups is 1. The molecule has 36 heavy (non-hydrogen) atoms. The van der Waals surface area contributed by atoms with Gasteiger partial charge in [0, 0.05) is 55.1 Å². The first-order valence-corrected chi connectivity index (χ1v) is 12.3. The van der Waals surface area contributed by atoms with Crippen LogP contribution in [0.15, 0.2) is 66.7 Å². The molecule has 1 aliphatic heterocycles. The van der Waals surface area contributed by atoms with Crippen LogP contribution in [0.5, 0.6) is 11.5 Å². The Balaban J connectivity index is 1.67. The maximum Gasteiger partial charge on any atom is 0.187 e. The summed E-state index contributed by atoms with van der Waals surface area (Å²) in [5, 5.41) is 10.2. The highest BCUT2D eigenvalue weighted by Crippen LogP contribution is 2.34. The number of rotatable bonds is 8. The number of methoxy groups -OCH3 is 1. The summed E-state index contributed by atoms with van der Waals surface area (Å²) in [6, 6.07) is 19.4. The van der Waals surface area contributed by atoms with E-state index in [2.05, 4.69) is 22.9 Å². The van der Waals surface area contributed by atoms with Crippen molar-refractivity contribution < 1.29 is 14.6 Å². The van der Waals surface area contributed by atoms with E-state index in [1.807, 2.05) is 73.6 Å². The first-order valence-electron chi connectivity index (χ1n) is 12.3. The van der Waals surface area contributed by atoms with Crippen LogP contribution in [0, 0.1) is 0 Å². The van der Waals surface area contributed by atoms with Crippen molar-refractivity contribution in [2.24, 2.45) is 0 Å². The number of phenols is 1. The van der Waals surface area contributed by atoms with Gasteiger partial charge < -0.3 is 24.5 Å². The summed E-state index contributed by atoms with van der Waals surface area (Å²) in [7, 11) is 7.72. The Hall–Kier alpha value is -3.61. The van der Waals surface area contributed by atoms with Gasteiger partial charge in [0.05, 0.1) is 7.11 Å². The van der Waals surface area contributed by atoms with Crippen molar-refractivity contribution in [1.29, 1.82) is 0 Å². The number of nitrogens with zero attached hydrogens (tertiary/aromatic N) is 3. The van der Waals surface area contributed by atoms with E-state index in [4.69, 9.17) is 4.74 Å². The zero-order valence-corrected chi connectivity index (χ0v) is 21.6. The first-order chi connectivity index (χ1) is 17.4. The molecule has 0 atom stereocenters. The molecule has 1 N–H and O–H groups in total. The van der Waals surface area contributed by atoms with Crippen molar-refractivity contribution in [3.05, 3.63) is 83.4 Å². The molecule has 1 heterocycles. The topological polar surface area (TPSA) is 56.3 Å². The summed E-state index contributed by atoms with van der Waals surface area (Å²) >= 11 is 0. The number of ether oxygens (including phenoxy) is 1. The van der Waals surface area contributed by atoms with Crippen LogP contribution in [0.4, 0.5) is 5.69 Å². The van der Waals surface area contributed by atoms with Crippen molar-refractivity contribution in [2.45, 2.75) is 6.54 Å². The van der Waals surface area contributed by atoms with Crippen LogP contribution in [0.3, 0.4) is 0 Å². The van der Waals surface area contributed by atoms with Crippen LogP contribution < -0.4 is 9.64 Å². The fraction of sp³-hybridized carbons (Fsp3) is 0.300. The normalized spacial score (nSPS) is 14.5. The van der Waals surface area contributed by atoms with Gasteiger partial charge in [0.2, 0.25) is 0 Å². The van der Waals surface area contributed by atoms with Gasteiger partial charge in [0.1, 0.15) is 11.5 Å². The number of para-hydroxylation sites is 1. The van der Waals surface area contributed by atoms with E-state index >= 15 is 0 Å². The highest BCUT2D eigenvalue weighted by Gasteiger charge is 2.21. The third kappa shape index (κ3) is 5.96. The zero-order chi connectivity index (χ0) is 25.7. The van der Waals surface area contributed by atoms with Gasteiger partial charge in [-0.1, -0.05) is 36.4 Å². The van der Waals surface area contributed by atoms with Gasteiger partial charge in [-0.05, 0) is 68.7 Å². The van der Waals surface area contributed by atoms with E-state index in [0.29, 0.717) is 12.1 Å². The van der Waals surface area contributed by atoms with E-state index < -0.39 is 0 Å². The smallest absolute Gasteiger partial charge is 0.187 e. The lowest BCUT2D eigenvalue weighted by Crippen LogP contribution is -2.45. The first kappa shape index (κ1) is 25.5. The lowest BCUT2D eigenvalue weighted by molar-refractivity contribution is 0.104. The van der Waals surface area contributed by atoms with Gasteiger partial charge >= 0.3 is 0 Å². The predicted octanol–water partition coefficient (Wildman–Crippen LogP) is 4.78. The Kier molecular flexibility index (Phi) is 8.08. The lowest BCUT2D eigenvalue weighted by atomic mass is 9.98. The Labute approximate surface area is 214 Å². The zero-order valence-electron chi connectivity index (χ0n) is 21.6. The van der Waals surface area contributed by atoms with Crippen LogP contribution in [0.1, 0.15) is 21.5 Å². The molecule has 0 saturated carbocycles. The largest absolute Gasteiger partial charge is 0.508 e. The molecule has 4 rings (SSSR count). The molecule has 0 aromatic heterocycles. The molecule has 1 saturated heterocycles. The van der Waals surface area contributed by atoms with Gasteiger partial charge in [-0.25, -0.2) is 0 Å². The highest BCUT2D eigenvalue weighted by atomic mass is 16.5. The van der Waals surface area contributed by atoms with E-state index in [0.717, 1.165) is 59.9 Å². The summed E-state index contributed by atoms with van der Waals surface area (Å²) in [6.07, 6.45) is 3.45. The van der Waals surface area contributed by atoms with Crippen LogP contribution in [0.25, 0.3) is 17.2 Å². The van der Waals surface area contributed by atoms with Crippen molar-refractivity contribution in [3.8, 4) is 22.6 Å². The molecule has 0 spiro atoms. The fourth-order valence-corrected chi connectivity index (χ4v) is 4.54. The van der Waals surface area contributed by atoms with Crippen molar-refractivity contribution in [3.63, 3.8) is 0 Å². The average Bonchev–Trinajstić information content (AvgIpc) is 2.88. The molecular formula is C30H35N3O3. The summed E-state index contributed by atoms with van der Waals surface area (Å²) in [4.78, 5) is 20.0. The van der Waals surface area contributed by atoms with E-state index in [9.17, 15) is 9.90 Å².